The van der Waals surface area contributed by atoms with Crippen molar-refractivity contribution in [2.24, 2.45) is 0 Å². The maximum atomic E-state index is 12.3. The molecule has 0 radical (unpaired) electrons. The van der Waals surface area contributed by atoms with E-state index in [-0.39, 0.29) is 6.03 Å². The molecule has 1 aromatic carbocycles. The molecule has 1 fully saturated rings. The van der Waals surface area contributed by atoms with Crippen LogP contribution in [-0.2, 0) is 6.54 Å². The number of hydrogen-bond acceptors (Lipinski definition) is 4. The molecule has 2 heterocycles. The molecule has 0 saturated carbocycles. The lowest BCUT2D eigenvalue weighted by atomic mass is 10.2. The Balaban J connectivity index is 1.42. The average Bonchev–Trinajstić information content (AvgIpc) is 3.19. The van der Waals surface area contributed by atoms with Gasteiger partial charge in [0.05, 0.1) is 12.3 Å². The number of ether oxygens (including phenoxy) is 1. The van der Waals surface area contributed by atoms with Crippen LogP contribution in [0.15, 0.2) is 42.7 Å². The van der Waals surface area contributed by atoms with E-state index in [1.54, 1.807) is 6.20 Å². The maximum Gasteiger partial charge on any atom is 0.317 e. The number of urea groups is 1. The Labute approximate surface area is 154 Å². The Morgan fingerprint density at radius 2 is 2.00 bits per heavy atom. The monoisotopic (exact) mass is 357 g/mol. The molecule has 0 spiro atoms. The highest BCUT2D eigenvalue weighted by Crippen LogP contribution is 2.28. The lowest BCUT2D eigenvalue weighted by Gasteiger charge is -2.36. The van der Waals surface area contributed by atoms with E-state index < -0.39 is 0 Å². The van der Waals surface area contributed by atoms with E-state index in [1.807, 2.05) is 47.0 Å². The van der Waals surface area contributed by atoms with Gasteiger partial charge in [-0.1, -0.05) is 12.1 Å². The van der Waals surface area contributed by atoms with E-state index in [2.05, 4.69) is 21.4 Å². The Morgan fingerprint density at radius 1 is 1.19 bits per heavy atom. The summed E-state index contributed by atoms with van der Waals surface area (Å²) in [4.78, 5) is 16.5. The number of anilines is 1. The summed E-state index contributed by atoms with van der Waals surface area (Å²) in [5, 5.41) is 7.16. The van der Waals surface area contributed by atoms with E-state index in [0.717, 1.165) is 37.5 Å². The molecular weight excluding hydrogens is 330 g/mol. The third-order valence-electron chi connectivity index (χ3n) is 4.47. The number of carbonyl (C=O) groups excluding carboxylic acids is 1. The normalized spacial score (nSPS) is 14.3. The fraction of sp³-hybridized carbons (Fsp3) is 0.474. The van der Waals surface area contributed by atoms with Crippen molar-refractivity contribution in [1.29, 1.82) is 0 Å². The number of carbonyl (C=O) groups is 1. The van der Waals surface area contributed by atoms with E-state index >= 15 is 0 Å². The van der Waals surface area contributed by atoms with Crippen molar-refractivity contribution in [2.45, 2.75) is 19.9 Å². The predicted octanol–water partition coefficient (Wildman–Crippen LogP) is 2.20. The van der Waals surface area contributed by atoms with Gasteiger partial charge in [-0.15, -0.1) is 0 Å². The van der Waals surface area contributed by atoms with Crippen LogP contribution in [0.25, 0.3) is 0 Å². The summed E-state index contributed by atoms with van der Waals surface area (Å²) in [5.74, 6) is 0.909. The van der Waals surface area contributed by atoms with Gasteiger partial charge >= 0.3 is 6.03 Å². The zero-order valence-corrected chi connectivity index (χ0v) is 15.3. The standard InChI is InChI=1S/C19H27N5O2/c1-2-26-18-8-4-3-7-17(18)22-13-15-23(16-14-22)19(25)20-9-5-11-24-12-6-10-21-24/h3-4,6-8,10,12H,2,5,9,11,13-16H2,1H3,(H,20,25). The van der Waals surface area contributed by atoms with Crippen molar-refractivity contribution in [3.05, 3.63) is 42.7 Å². The fourth-order valence-electron chi connectivity index (χ4n) is 3.13. The van der Waals surface area contributed by atoms with Gasteiger partial charge in [-0.3, -0.25) is 4.68 Å². The highest BCUT2D eigenvalue weighted by atomic mass is 16.5. The molecule has 1 aliphatic rings. The van der Waals surface area contributed by atoms with Gasteiger partial charge in [-0.2, -0.15) is 5.10 Å². The Hall–Kier alpha value is -2.70. The number of aryl methyl sites for hydroxylation is 1. The summed E-state index contributed by atoms with van der Waals surface area (Å²) in [6.07, 6.45) is 4.57. The zero-order valence-electron chi connectivity index (χ0n) is 15.3. The topological polar surface area (TPSA) is 62.6 Å². The number of amides is 2. The summed E-state index contributed by atoms with van der Waals surface area (Å²) in [7, 11) is 0. The summed E-state index contributed by atoms with van der Waals surface area (Å²) in [6.45, 7) is 7.16. The van der Waals surface area contributed by atoms with Crippen LogP contribution in [0.5, 0.6) is 5.75 Å². The fourth-order valence-corrected chi connectivity index (χ4v) is 3.13. The molecule has 1 aromatic heterocycles. The summed E-state index contributed by atoms with van der Waals surface area (Å²) in [5.41, 5.74) is 1.11. The minimum absolute atomic E-state index is 0.0169. The Morgan fingerprint density at radius 3 is 2.73 bits per heavy atom. The second kappa shape index (κ2) is 9.12. The quantitative estimate of drug-likeness (QED) is 0.772. The van der Waals surface area contributed by atoms with Crippen molar-refractivity contribution in [3.63, 3.8) is 0 Å². The molecule has 7 heteroatoms. The van der Waals surface area contributed by atoms with Gasteiger partial charge in [0, 0.05) is 51.7 Å². The van der Waals surface area contributed by atoms with Crippen LogP contribution in [-0.4, -0.2) is 60.0 Å². The number of benzene rings is 1. The average molecular weight is 357 g/mol. The second-order valence-electron chi connectivity index (χ2n) is 6.23. The van der Waals surface area contributed by atoms with Gasteiger partial charge in [-0.25, -0.2) is 4.79 Å². The van der Waals surface area contributed by atoms with E-state index in [1.165, 1.54) is 0 Å². The molecule has 1 saturated heterocycles. The minimum atomic E-state index is 0.0169. The summed E-state index contributed by atoms with van der Waals surface area (Å²) >= 11 is 0. The van der Waals surface area contributed by atoms with Gasteiger partial charge in [0.15, 0.2) is 0 Å². The van der Waals surface area contributed by atoms with Gasteiger partial charge < -0.3 is 19.9 Å². The highest BCUT2D eigenvalue weighted by Gasteiger charge is 2.22. The first kappa shape index (κ1) is 18.1. The molecule has 26 heavy (non-hydrogen) atoms. The summed E-state index contributed by atoms with van der Waals surface area (Å²) < 4.78 is 7.59. The van der Waals surface area contributed by atoms with Crippen LogP contribution >= 0.6 is 0 Å². The predicted molar refractivity (Wildman–Crippen MR) is 102 cm³/mol. The molecule has 7 nitrogen and oxygen atoms in total. The molecule has 2 aromatic rings. The van der Waals surface area contributed by atoms with Crippen molar-refractivity contribution < 1.29 is 9.53 Å². The third-order valence-corrected chi connectivity index (χ3v) is 4.47. The van der Waals surface area contributed by atoms with Gasteiger partial charge in [0.2, 0.25) is 0 Å². The number of aromatic nitrogens is 2. The first-order valence-electron chi connectivity index (χ1n) is 9.25. The van der Waals surface area contributed by atoms with Crippen LogP contribution in [0.2, 0.25) is 0 Å². The van der Waals surface area contributed by atoms with Crippen LogP contribution in [0.4, 0.5) is 10.5 Å². The molecule has 0 unspecified atom stereocenters. The van der Waals surface area contributed by atoms with Crippen molar-refractivity contribution in [1.82, 2.24) is 20.0 Å². The van der Waals surface area contributed by atoms with Crippen LogP contribution < -0.4 is 15.0 Å². The third kappa shape index (κ3) is 4.68. The molecule has 0 bridgehead atoms. The van der Waals surface area contributed by atoms with Gasteiger partial charge in [0.25, 0.3) is 0 Å². The highest BCUT2D eigenvalue weighted by molar-refractivity contribution is 5.74. The lowest BCUT2D eigenvalue weighted by Crippen LogP contribution is -2.52. The van der Waals surface area contributed by atoms with Crippen LogP contribution in [0, 0.1) is 0 Å². The minimum Gasteiger partial charge on any atom is -0.492 e. The molecule has 1 N–H and O–H groups in total. The number of piperazine rings is 1. The molecule has 0 aliphatic carbocycles. The van der Waals surface area contributed by atoms with Crippen LogP contribution in [0.1, 0.15) is 13.3 Å². The molecule has 3 rings (SSSR count). The summed E-state index contributed by atoms with van der Waals surface area (Å²) in [6, 6.07) is 10.0. The molecule has 0 atom stereocenters. The van der Waals surface area contributed by atoms with Gasteiger partial charge in [-0.05, 0) is 31.5 Å². The number of rotatable bonds is 7. The maximum absolute atomic E-state index is 12.3. The second-order valence-corrected chi connectivity index (χ2v) is 6.23. The number of nitrogens with zero attached hydrogens (tertiary/aromatic N) is 4. The first-order valence-corrected chi connectivity index (χ1v) is 9.25. The lowest BCUT2D eigenvalue weighted by molar-refractivity contribution is 0.194. The molecule has 1 aliphatic heterocycles. The Kier molecular flexibility index (Phi) is 6.35. The molecule has 140 valence electrons. The largest absolute Gasteiger partial charge is 0.492 e. The number of hydrogen-bond donors (Lipinski definition) is 1. The van der Waals surface area contributed by atoms with E-state index in [9.17, 15) is 4.79 Å². The smallest absolute Gasteiger partial charge is 0.317 e. The number of para-hydroxylation sites is 2. The van der Waals surface area contributed by atoms with Crippen molar-refractivity contribution >= 4 is 11.7 Å². The molecule has 2 amide bonds. The van der Waals surface area contributed by atoms with Gasteiger partial charge in [0.1, 0.15) is 5.75 Å². The Bertz CT molecular complexity index is 681. The van der Waals surface area contributed by atoms with Crippen molar-refractivity contribution in [2.75, 3.05) is 44.2 Å². The number of nitrogens with one attached hydrogen (secondary N) is 1. The van der Waals surface area contributed by atoms with Crippen molar-refractivity contribution in [3.8, 4) is 5.75 Å². The molecular formula is C19H27N5O2. The van der Waals surface area contributed by atoms with Crippen LogP contribution in [0.3, 0.4) is 0 Å². The van der Waals surface area contributed by atoms with E-state index in [0.29, 0.717) is 26.2 Å². The van der Waals surface area contributed by atoms with E-state index in [4.69, 9.17) is 4.74 Å². The zero-order chi connectivity index (χ0) is 18.2. The first-order chi connectivity index (χ1) is 12.8. The SMILES string of the molecule is CCOc1ccccc1N1CCN(C(=O)NCCCn2cccn2)CC1.